The molecule has 0 fully saturated rings. The van der Waals surface area contributed by atoms with E-state index in [1.807, 2.05) is 43.3 Å². The summed E-state index contributed by atoms with van der Waals surface area (Å²) in [5.41, 5.74) is 6.80. The van der Waals surface area contributed by atoms with Gasteiger partial charge in [0.25, 0.3) is 0 Å². The van der Waals surface area contributed by atoms with Gasteiger partial charge in [-0.2, -0.15) is 0 Å². The first-order valence-corrected chi connectivity index (χ1v) is 5.48. The Bertz CT molecular complexity index is 428. The molecular weight excluding hydrogens is 212 g/mol. The molecule has 0 atom stereocenters. The monoisotopic (exact) mass is 228 g/mol. The van der Waals surface area contributed by atoms with Crippen molar-refractivity contribution in [2.24, 2.45) is 5.73 Å². The highest BCUT2D eigenvalue weighted by Gasteiger charge is 2.03. The average Bonchev–Trinajstić information content (AvgIpc) is 2.41. The smallest absolute Gasteiger partial charge is 0.248 e. The van der Waals surface area contributed by atoms with Gasteiger partial charge in [0.1, 0.15) is 0 Å². The van der Waals surface area contributed by atoms with E-state index in [0.29, 0.717) is 5.56 Å². The lowest BCUT2D eigenvalue weighted by molar-refractivity contribution is 0.0999. The first kappa shape index (κ1) is 12.9. The Morgan fingerprint density at radius 3 is 2.12 bits per heavy atom. The van der Waals surface area contributed by atoms with E-state index >= 15 is 0 Å². The van der Waals surface area contributed by atoms with Crippen molar-refractivity contribution < 1.29 is 4.79 Å². The van der Waals surface area contributed by atoms with Gasteiger partial charge in [-0.25, -0.2) is 0 Å². The maximum absolute atomic E-state index is 10.8. The molecule has 0 unspecified atom stereocenters. The fourth-order valence-electron chi connectivity index (χ4n) is 1.38. The van der Waals surface area contributed by atoms with Crippen LogP contribution in [0.4, 0.5) is 0 Å². The summed E-state index contributed by atoms with van der Waals surface area (Å²) in [6.45, 7) is 2.00. The summed E-state index contributed by atoms with van der Waals surface area (Å²) in [6.07, 6.45) is 4.35. The second-order valence-electron chi connectivity index (χ2n) is 3.40. The minimum absolute atomic E-state index is 0.345. The highest BCUT2D eigenvalue weighted by molar-refractivity contribution is 5.94. The number of aromatic nitrogens is 1. The maximum Gasteiger partial charge on any atom is 0.248 e. The van der Waals surface area contributed by atoms with Gasteiger partial charge in [0, 0.05) is 18.0 Å². The van der Waals surface area contributed by atoms with Crippen molar-refractivity contribution in [1.29, 1.82) is 0 Å². The predicted octanol–water partition coefficient (Wildman–Crippen LogP) is 2.43. The lowest BCUT2D eigenvalue weighted by Gasteiger charge is -2.01. The molecule has 0 aliphatic rings. The van der Waals surface area contributed by atoms with E-state index in [1.54, 1.807) is 18.5 Å². The molecule has 0 spiro atoms. The van der Waals surface area contributed by atoms with Gasteiger partial charge in [-0.15, -0.1) is 0 Å². The van der Waals surface area contributed by atoms with E-state index in [-0.39, 0.29) is 5.91 Å². The first-order valence-electron chi connectivity index (χ1n) is 5.48. The Hall–Kier alpha value is -2.16. The minimum atomic E-state index is -0.345. The largest absolute Gasteiger partial charge is 0.366 e. The van der Waals surface area contributed by atoms with E-state index in [0.717, 1.165) is 12.0 Å². The zero-order chi connectivity index (χ0) is 12.5. The molecule has 2 aromatic rings. The molecule has 0 saturated heterocycles. The first-order chi connectivity index (χ1) is 8.25. The fraction of sp³-hybridized carbons (Fsp3) is 0.143. The summed E-state index contributed by atoms with van der Waals surface area (Å²) >= 11 is 0. The maximum atomic E-state index is 10.8. The highest BCUT2D eigenvalue weighted by Crippen LogP contribution is 2.07. The van der Waals surface area contributed by atoms with Crippen LogP contribution in [0.3, 0.4) is 0 Å². The van der Waals surface area contributed by atoms with Crippen molar-refractivity contribution in [3.8, 4) is 0 Å². The highest BCUT2D eigenvalue weighted by atomic mass is 16.1. The number of benzene rings is 1. The van der Waals surface area contributed by atoms with Crippen molar-refractivity contribution >= 4 is 5.91 Å². The Kier molecular flexibility index (Phi) is 5.44. The number of carbonyl (C=O) groups is 1. The lowest BCUT2D eigenvalue weighted by Crippen LogP contribution is -2.13. The van der Waals surface area contributed by atoms with E-state index in [1.165, 1.54) is 0 Å². The van der Waals surface area contributed by atoms with Crippen LogP contribution in [-0.2, 0) is 6.42 Å². The fourth-order valence-corrected chi connectivity index (χ4v) is 1.38. The molecular formula is C14H16N2O. The number of amides is 1. The number of primary amides is 1. The summed E-state index contributed by atoms with van der Waals surface area (Å²) in [5.74, 6) is -0.345. The normalized spacial score (nSPS) is 9.00. The zero-order valence-corrected chi connectivity index (χ0v) is 9.84. The second kappa shape index (κ2) is 7.17. The van der Waals surface area contributed by atoms with Gasteiger partial charge in [0.05, 0.1) is 0 Å². The van der Waals surface area contributed by atoms with Crippen molar-refractivity contribution in [3.05, 3.63) is 66.0 Å². The number of carbonyl (C=O) groups excluding carboxylic acids is 1. The summed E-state index contributed by atoms with van der Waals surface area (Å²) < 4.78 is 0. The molecule has 0 saturated carbocycles. The van der Waals surface area contributed by atoms with Crippen LogP contribution in [0.25, 0.3) is 0 Å². The molecule has 1 amide bonds. The van der Waals surface area contributed by atoms with Gasteiger partial charge in [-0.1, -0.05) is 31.2 Å². The van der Waals surface area contributed by atoms with Crippen LogP contribution in [0.2, 0.25) is 0 Å². The molecule has 0 aliphatic carbocycles. The van der Waals surface area contributed by atoms with Crippen molar-refractivity contribution in [2.75, 3.05) is 0 Å². The van der Waals surface area contributed by atoms with E-state index in [4.69, 9.17) is 5.73 Å². The number of hydrogen-bond donors (Lipinski definition) is 1. The molecule has 3 heteroatoms. The number of pyridine rings is 1. The standard InChI is InChI=1S/C9H11NO.C5H5N/c1-2-7-5-3-4-6-8(7)9(10)11;1-2-4-6-5-3-1/h3-6H,2H2,1H3,(H2,10,11);1-5H. The van der Waals surface area contributed by atoms with Crippen molar-refractivity contribution in [2.45, 2.75) is 13.3 Å². The van der Waals surface area contributed by atoms with Crippen LogP contribution in [0.15, 0.2) is 54.9 Å². The predicted molar refractivity (Wildman–Crippen MR) is 68.6 cm³/mol. The summed E-state index contributed by atoms with van der Waals surface area (Å²) in [4.78, 5) is 14.6. The average molecular weight is 228 g/mol. The van der Waals surface area contributed by atoms with Crippen molar-refractivity contribution in [3.63, 3.8) is 0 Å². The third kappa shape index (κ3) is 4.47. The minimum Gasteiger partial charge on any atom is -0.366 e. The molecule has 17 heavy (non-hydrogen) atoms. The van der Waals surface area contributed by atoms with Crippen LogP contribution < -0.4 is 5.73 Å². The van der Waals surface area contributed by atoms with E-state index in [2.05, 4.69) is 4.98 Å². The zero-order valence-electron chi connectivity index (χ0n) is 9.84. The van der Waals surface area contributed by atoms with Gasteiger partial charge in [-0.3, -0.25) is 9.78 Å². The Balaban J connectivity index is 0.000000202. The summed E-state index contributed by atoms with van der Waals surface area (Å²) in [5, 5.41) is 0. The van der Waals surface area contributed by atoms with Gasteiger partial charge in [-0.05, 0) is 30.2 Å². The molecule has 1 heterocycles. The van der Waals surface area contributed by atoms with E-state index in [9.17, 15) is 4.79 Å². The van der Waals surface area contributed by atoms with Gasteiger partial charge in [0.2, 0.25) is 5.91 Å². The molecule has 1 aromatic heterocycles. The number of nitrogens with two attached hydrogens (primary N) is 1. The third-order valence-corrected chi connectivity index (χ3v) is 2.23. The molecule has 3 nitrogen and oxygen atoms in total. The van der Waals surface area contributed by atoms with Gasteiger partial charge in [0.15, 0.2) is 0 Å². The SMILES string of the molecule is CCc1ccccc1C(N)=O.c1ccncc1. The Morgan fingerprint density at radius 2 is 1.76 bits per heavy atom. The lowest BCUT2D eigenvalue weighted by atomic mass is 10.1. The molecule has 0 bridgehead atoms. The van der Waals surface area contributed by atoms with E-state index < -0.39 is 0 Å². The number of nitrogens with zero attached hydrogens (tertiary/aromatic N) is 1. The molecule has 0 aliphatic heterocycles. The van der Waals surface area contributed by atoms with Crippen LogP contribution in [0.5, 0.6) is 0 Å². The number of hydrogen-bond acceptors (Lipinski definition) is 2. The second-order valence-corrected chi connectivity index (χ2v) is 3.40. The third-order valence-electron chi connectivity index (χ3n) is 2.23. The number of aryl methyl sites for hydroxylation is 1. The molecule has 2 rings (SSSR count). The van der Waals surface area contributed by atoms with Crippen LogP contribution in [0.1, 0.15) is 22.8 Å². The van der Waals surface area contributed by atoms with Crippen LogP contribution >= 0.6 is 0 Å². The summed E-state index contributed by atoms with van der Waals surface area (Å²) in [6, 6.07) is 13.1. The quantitative estimate of drug-likeness (QED) is 0.858. The Morgan fingerprint density at radius 1 is 1.12 bits per heavy atom. The summed E-state index contributed by atoms with van der Waals surface area (Å²) in [7, 11) is 0. The van der Waals surface area contributed by atoms with Gasteiger partial charge >= 0.3 is 0 Å². The van der Waals surface area contributed by atoms with Crippen LogP contribution in [0, 0.1) is 0 Å². The molecule has 2 N–H and O–H groups in total. The molecule has 0 radical (unpaired) electrons. The Labute approximate surface area is 101 Å². The van der Waals surface area contributed by atoms with Gasteiger partial charge < -0.3 is 5.73 Å². The number of rotatable bonds is 2. The van der Waals surface area contributed by atoms with Crippen molar-refractivity contribution in [1.82, 2.24) is 4.98 Å². The molecule has 1 aromatic carbocycles. The topological polar surface area (TPSA) is 56.0 Å². The van der Waals surface area contributed by atoms with Crippen LogP contribution in [-0.4, -0.2) is 10.9 Å². The molecule has 88 valence electrons.